The maximum Gasteiger partial charge on any atom is 1.00 e. The van der Waals surface area contributed by atoms with Crippen molar-refractivity contribution in [2.45, 2.75) is 13.6 Å². The van der Waals surface area contributed by atoms with Gasteiger partial charge < -0.3 is 12.3 Å². The fourth-order valence-corrected chi connectivity index (χ4v) is 1.32. The van der Waals surface area contributed by atoms with Gasteiger partial charge in [0, 0.05) is 5.56 Å². The zero-order valence-corrected chi connectivity index (χ0v) is 10.9. The minimum atomic E-state index is -0.513. The maximum atomic E-state index is 12.4. The molecule has 1 aromatic carbocycles. The van der Waals surface area contributed by atoms with Gasteiger partial charge in [0.25, 0.3) is 0 Å². The van der Waals surface area contributed by atoms with Crippen molar-refractivity contribution in [3.63, 3.8) is 0 Å². The van der Waals surface area contributed by atoms with Crippen molar-refractivity contribution in [1.82, 2.24) is 4.98 Å². The summed E-state index contributed by atoms with van der Waals surface area (Å²) in [6.45, 7) is 1.03. The topological polar surface area (TPSA) is 12.9 Å². The van der Waals surface area contributed by atoms with E-state index >= 15 is 0 Å². The first-order chi connectivity index (χ1) is 8.31. The summed E-state index contributed by atoms with van der Waals surface area (Å²) in [5, 5.41) is 0. The molecule has 18 heavy (non-hydrogen) atoms. The van der Waals surface area contributed by atoms with Crippen LogP contribution in [0.25, 0.3) is 11.3 Å². The van der Waals surface area contributed by atoms with E-state index in [1.54, 1.807) is 13.0 Å². The summed E-state index contributed by atoms with van der Waals surface area (Å²) in [4.78, 5) is 4.19. The molecule has 2 aromatic rings. The Labute approximate surface area is 118 Å². The number of hydrogen-bond acceptors (Lipinski definition) is 1. The minimum Gasteiger partial charge on any atom is -0.694 e. The summed E-state index contributed by atoms with van der Waals surface area (Å²) in [7, 11) is 0. The van der Waals surface area contributed by atoms with Gasteiger partial charge in [-0.2, -0.15) is 0 Å². The van der Waals surface area contributed by atoms with Gasteiger partial charge in [-0.3, -0.25) is 4.98 Å². The van der Waals surface area contributed by atoms with Crippen LogP contribution in [0.4, 0.5) is 4.39 Å². The van der Waals surface area contributed by atoms with E-state index in [1.165, 1.54) is 0 Å². The first-order valence-corrected chi connectivity index (χ1v) is 5.22. The predicted octanol–water partition coefficient (Wildman–Crippen LogP) is 3.81. The van der Waals surface area contributed by atoms with Crippen LogP contribution in [-0.4, -0.2) is 4.98 Å². The Balaban J connectivity index is 0.000000660. The van der Waals surface area contributed by atoms with Crippen molar-refractivity contribution in [1.29, 1.82) is 0 Å². The van der Waals surface area contributed by atoms with Crippen molar-refractivity contribution in [3.05, 3.63) is 60.6 Å². The molecular formula is C15H13CuFN. The number of nitrogens with zero attached hydrogens (tertiary/aromatic N) is 1. The SMILES string of the molecule is FCc1cccc(-c2ccccc2)n1.[C-]#CC.[Cu+]. The van der Waals surface area contributed by atoms with Gasteiger partial charge in [-0.05, 0) is 19.1 Å². The average molecular weight is 290 g/mol. The monoisotopic (exact) mass is 289 g/mol. The molecule has 0 saturated heterocycles. The van der Waals surface area contributed by atoms with Crippen LogP contribution in [0.3, 0.4) is 0 Å². The number of pyridine rings is 1. The van der Waals surface area contributed by atoms with E-state index in [0.717, 1.165) is 11.3 Å². The maximum absolute atomic E-state index is 12.4. The molecule has 0 radical (unpaired) electrons. The smallest absolute Gasteiger partial charge is 0.694 e. The molecule has 0 saturated carbocycles. The molecule has 2 rings (SSSR count). The van der Waals surface area contributed by atoms with E-state index < -0.39 is 6.67 Å². The second-order valence-electron chi connectivity index (χ2n) is 3.26. The third kappa shape index (κ3) is 5.14. The third-order valence-electron chi connectivity index (χ3n) is 2.01. The second kappa shape index (κ2) is 9.41. The molecule has 1 aromatic heterocycles. The summed E-state index contributed by atoms with van der Waals surface area (Å²) in [6.07, 6.45) is 5.96. The molecule has 96 valence electrons. The first-order valence-electron chi connectivity index (χ1n) is 5.22. The number of rotatable bonds is 2. The molecule has 3 heteroatoms. The molecule has 0 aliphatic heterocycles. The molecule has 0 aliphatic rings. The average Bonchev–Trinajstić information content (AvgIpc) is 2.41. The molecule has 0 N–H and O–H groups in total. The molecule has 0 unspecified atom stereocenters. The van der Waals surface area contributed by atoms with E-state index in [-0.39, 0.29) is 17.1 Å². The third-order valence-corrected chi connectivity index (χ3v) is 2.01. The number of benzene rings is 1. The predicted molar refractivity (Wildman–Crippen MR) is 67.3 cm³/mol. The van der Waals surface area contributed by atoms with E-state index in [2.05, 4.69) is 4.98 Å². The second-order valence-corrected chi connectivity index (χ2v) is 3.26. The Bertz CT molecular complexity index is 491. The Morgan fingerprint density at radius 3 is 2.28 bits per heavy atom. The van der Waals surface area contributed by atoms with Gasteiger partial charge in [-0.25, -0.2) is 4.39 Å². The van der Waals surface area contributed by atoms with E-state index in [9.17, 15) is 4.39 Å². The van der Waals surface area contributed by atoms with Crippen LogP contribution < -0.4 is 0 Å². The molecule has 0 aliphatic carbocycles. The van der Waals surface area contributed by atoms with E-state index in [4.69, 9.17) is 6.42 Å². The van der Waals surface area contributed by atoms with Gasteiger partial charge in [0.15, 0.2) is 0 Å². The normalized spacial score (nSPS) is 8.28. The van der Waals surface area contributed by atoms with Crippen molar-refractivity contribution >= 4 is 0 Å². The summed E-state index contributed by atoms with van der Waals surface area (Å²) in [5.74, 6) is 2.00. The fourth-order valence-electron chi connectivity index (χ4n) is 1.32. The summed E-state index contributed by atoms with van der Waals surface area (Å²) in [5.41, 5.74) is 2.31. The molecule has 0 bridgehead atoms. The molecule has 0 fully saturated rings. The Morgan fingerprint density at radius 2 is 1.72 bits per heavy atom. The van der Waals surface area contributed by atoms with Crippen LogP contribution in [0, 0.1) is 12.3 Å². The number of alkyl halides is 1. The van der Waals surface area contributed by atoms with Crippen LogP contribution in [0.5, 0.6) is 0 Å². The van der Waals surface area contributed by atoms with Gasteiger partial charge in [-0.15, -0.1) is 0 Å². The molecule has 0 atom stereocenters. The van der Waals surface area contributed by atoms with Crippen LogP contribution in [0.1, 0.15) is 12.6 Å². The summed E-state index contributed by atoms with van der Waals surface area (Å²) < 4.78 is 12.4. The van der Waals surface area contributed by atoms with Crippen molar-refractivity contribution in [3.8, 4) is 17.2 Å². The first kappa shape index (κ1) is 16.4. The van der Waals surface area contributed by atoms with Crippen molar-refractivity contribution in [2.75, 3.05) is 0 Å². The quantitative estimate of drug-likeness (QED) is 0.465. The van der Waals surface area contributed by atoms with Crippen molar-refractivity contribution < 1.29 is 21.5 Å². The molecule has 0 spiro atoms. The van der Waals surface area contributed by atoms with Crippen LogP contribution in [-0.2, 0) is 23.7 Å². The molecular weight excluding hydrogens is 277 g/mol. The fraction of sp³-hybridized carbons (Fsp3) is 0.133. The largest absolute Gasteiger partial charge is 1.00 e. The molecule has 0 amide bonds. The number of halogens is 1. The zero-order chi connectivity index (χ0) is 12.5. The standard InChI is InChI=1S/C12H10FN.C3H3.Cu/c13-9-11-7-4-8-12(14-11)10-5-2-1-3-6-10;1-3-2;/h1-8H,9H2;1H3;/q;-1;+1. The number of hydrogen-bond donors (Lipinski definition) is 0. The Hall–Kier alpha value is -1.62. The number of aromatic nitrogens is 1. The molecule has 1 nitrogen and oxygen atoms in total. The van der Waals surface area contributed by atoms with Gasteiger partial charge in [0.05, 0.1) is 11.4 Å². The Kier molecular flexibility index (Phi) is 8.57. The minimum absolute atomic E-state index is 0. The van der Waals surface area contributed by atoms with Gasteiger partial charge in [-0.1, -0.05) is 36.4 Å². The van der Waals surface area contributed by atoms with Crippen LogP contribution in [0.2, 0.25) is 0 Å². The Morgan fingerprint density at radius 1 is 1.11 bits per heavy atom. The molecule has 1 heterocycles. The van der Waals surface area contributed by atoms with Crippen LogP contribution in [0.15, 0.2) is 48.5 Å². The van der Waals surface area contributed by atoms with Crippen molar-refractivity contribution in [2.24, 2.45) is 0 Å². The van der Waals surface area contributed by atoms with E-state index in [0.29, 0.717) is 5.69 Å². The van der Waals surface area contributed by atoms with Gasteiger partial charge in [0.2, 0.25) is 0 Å². The van der Waals surface area contributed by atoms with Gasteiger partial charge >= 0.3 is 17.1 Å². The summed E-state index contributed by atoms with van der Waals surface area (Å²) >= 11 is 0. The van der Waals surface area contributed by atoms with E-state index in [1.807, 2.05) is 48.4 Å². The summed E-state index contributed by atoms with van der Waals surface area (Å²) in [6, 6.07) is 15.2. The van der Waals surface area contributed by atoms with Gasteiger partial charge in [0.1, 0.15) is 6.67 Å². The zero-order valence-electron chi connectivity index (χ0n) is 9.95. The van der Waals surface area contributed by atoms with Crippen LogP contribution >= 0.6 is 0 Å².